The second kappa shape index (κ2) is 6.54. The summed E-state index contributed by atoms with van der Waals surface area (Å²) in [6, 6.07) is 4.99. The van der Waals surface area contributed by atoms with Gasteiger partial charge in [-0.05, 0) is 17.7 Å². The summed E-state index contributed by atoms with van der Waals surface area (Å²) in [7, 11) is 2.64. The molecule has 1 rings (SSSR count). The van der Waals surface area contributed by atoms with Crippen LogP contribution in [-0.4, -0.2) is 20.2 Å². The molecular formula is C11H10ClN3O3. The van der Waals surface area contributed by atoms with Crippen LogP contribution in [0.15, 0.2) is 29.0 Å². The van der Waals surface area contributed by atoms with E-state index in [2.05, 4.69) is 14.8 Å². The molecule has 0 saturated carbocycles. The van der Waals surface area contributed by atoms with Gasteiger partial charge in [-0.2, -0.15) is 0 Å². The van der Waals surface area contributed by atoms with E-state index in [0.717, 1.165) is 0 Å². The molecular weight excluding hydrogens is 258 g/mol. The van der Waals surface area contributed by atoms with Gasteiger partial charge < -0.3 is 9.47 Å². The highest BCUT2D eigenvalue weighted by Gasteiger charge is 2.11. The Morgan fingerprint density at radius 1 is 1.50 bits per heavy atom. The Morgan fingerprint density at radius 2 is 2.22 bits per heavy atom. The number of carbonyl (C=O) groups excluding carboxylic acids is 1. The van der Waals surface area contributed by atoms with Gasteiger partial charge in [-0.15, -0.1) is 0 Å². The van der Waals surface area contributed by atoms with Crippen molar-refractivity contribution in [1.29, 1.82) is 0 Å². The first kappa shape index (κ1) is 13.9. The van der Waals surface area contributed by atoms with Crippen molar-refractivity contribution in [1.82, 2.24) is 0 Å². The molecule has 0 bridgehead atoms. The molecule has 0 aromatic heterocycles. The van der Waals surface area contributed by atoms with Crippen LogP contribution < -0.4 is 4.74 Å². The fraction of sp³-hybridized carbons (Fsp3) is 0.182. The number of rotatable bonds is 4. The van der Waals surface area contributed by atoms with Crippen LogP contribution in [-0.2, 0) is 9.53 Å². The summed E-state index contributed by atoms with van der Waals surface area (Å²) >= 11 is 5.93. The number of azide groups is 1. The van der Waals surface area contributed by atoms with E-state index in [1.807, 2.05) is 0 Å². The molecule has 1 aromatic carbocycles. The Balaban J connectivity index is 3.32. The molecule has 0 aliphatic carbocycles. The highest BCUT2D eigenvalue weighted by Crippen LogP contribution is 2.30. The molecule has 0 spiro atoms. The highest BCUT2D eigenvalue weighted by atomic mass is 35.5. The largest absolute Gasteiger partial charge is 0.495 e. The molecule has 0 amide bonds. The van der Waals surface area contributed by atoms with Gasteiger partial charge in [0.2, 0.25) is 0 Å². The molecule has 1 aromatic rings. The molecule has 0 fully saturated rings. The van der Waals surface area contributed by atoms with Crippen LogP contribution in [0.2, 0.25) is 5.02 Å². The van der Waals surface area contributed by atoms with Gasteiger partial charge in [-0.25, -0.2) is 4.79 Å². The lowest BCUT2D eigenvalue weighted by atomic mass is 10.1. The maximum Gasteiger partial charge on any atom is 0.340 e. The van der Waals surface area contributed by atoms with E-state index in [-0.39, 0.29) is 5.70 Å². The van der Waals surface area contributed by atoms with Crippen LogP contribution in [0.5, 0.6) is 5.75 Å². The quantitative estimate of drug-likeness (QED) is 0.276. The zero-order valence-electron chi connectivity index (χ0n) is 9.75. The Bertz CT molecular complexity index is 536. The van der Waals surface area contributed by atoms with Crippen molar-refractivity contribution in [2.75, 3.05) is 14.2 Å². The standard InChI is InChI=1S/C11H10ClN3O3/c1-17-10-7(4-3-5-8(10)12)6-9(14-15-13)11(16)18-2/h3-6H,1-2H3/b9-6-. The number of halogens is 1. The number of benzene rings is 1. The number of esters is 1. The summed E-state index contributed by atoms with van der Waals surface area (Å²) < 4.78 is 9.60. The third-order valence-corrected chi connectivity index (χ3v) is 2.34. The molecule has 0 aliphatic rings. The van der Waals surface area contributed by atoms with Crippen molar-refractivity contribution >= 4 is 23.6 Å². The van der Waals surface area contributed by atoms with E-state index < -0.39 is 5.97 Å². The van der Waals surface area contributed by atoms with Gasteiger partial charge in [-0.1, -0.05) is 28.8 Å². The van der Waals surface area contributed by atoms with Crippen molar-refractivity contribution in [3.05, 3.63) is 44.9 Å². The van der Waals surface area contributed by atoms with Crippen LogP contribution in [0.25, 0.3) is 16.5 Å². The fourth-order valence-corrected chi connectivity index (χ4v) is 1.54. The molecule has 6 nitrogen and oxygen atoms in total. The van der Waals surface area contributed by atoms with Crippen molar-refractivity contribution in [3.8, 4) is 5.75 Å². The van der Waals surface area contributed by atoms with E-state index in [9.17, 15) is 4.79 Å². The molecule has 0 unspecified atom stereocenters. The third kappa shape index (κ3) is 3.16. The summed E-state index contributed by atoms with van der Waals surface area (Å²) in [6.45, 7) is 0. The number of carbonyl (C=O) groups is 1. The molecule has 7 heteroatoms. The van der Waals surface area contributed by atoms with E-state index in [0.29, 0.717) is 16.3 Å². The molecule has 0 heterocycles. The second-order valence-electron chi connectivity index (χ2n) is 3.07. The maximum absolute atomic E-state index is 11.4. The number of para-hydroxylation sites is 1. The SMILES string of the molecule is COC(=O)/C(=C/c1cccc(Cl)c1OC)N=[N+]=[N-]. The van der Waals surface area contributed by atoms with E-state index in [1.165, 1.54) is 20.3 Å². The Morgan fingerprint density at radius 3 is 2.78 bits per heavy atom. The minimum Gasteiger partial charge on any atom is -0.495 e. The van der Waals surface area contributed by atoms with Gasteiger partial charge in [0.05, 0.1) is 19.2 Å². The maximum atomic E-state index is 11.4. The number of ether oxygens (including phenoxy) is 2. The van der Waals surface area contributed by atoms with E-state index >= 15 is 0 Å². The van der Waals surface area contributed by atoms with Gasteiger partial charge in [0, 0.05) is 10.5 Å². The summed E-state index contributed by atoms with van der Waals surface area (Å²) in [4.78, 5) is 13.9. The van der Waals surface area contributed by atoms with E-state index in [4.69, 9.17) is 21.9 Å². The number of nitrogens with zero attached hydrogens (tertiary/aromatic N) is 3. The van der Waals surface area contributed by atoms with Crippen LogP contribution in [0, 0.1) is 0 Å². The van der Waals surface area contributed by atoms with Gasteiger partial charge in [-0.3, -0.25) is 0 Å². The fourth-order valence-electron chi connectivity index (χ4n) is 1.28. The summed E-state index contributed by atoms with van der Waals surface area (Å²) in [5.74, 6) is -0.358. The van der Waals surface area contributed by atoms with Crippen LogP contribution in [0.1, 0.15) is 5.56 Å². The van der Waals surface area contributed by atoms with Gasteiger partial charge >= 0.3 is 5.97 Å². The monoisotopic (exact) mass is 267 g/mol. The second-order valence-corrected chi connectivity index (χ2v) is 3.48. The zero-order chi connectivity index (χ0) is 13.5. The number of methoxy groups -OCH3 is 2. The third-order valence-electron chi connectivity index (χ3n) is 2.04. The lowest BCUT2D eigenvalue weighted by Crippen LogP contribution is -2.02. The lowest BCUT2D eigenvalue weighted by Gasteiger charge is -2.07. The summed E-state index contributed by atoms with van der Waals surface area (Å²) in [5, 5.41) is 3.65. The first-order chi connectivity index (χ1) is 8.63. The number of hydrogen-bond donors (Lipinski definition) is 0. The zero-order valence-corrected chi connectivity index (χ0v) is 10.5. The predicted molar refractivity (Wildman–Crippen MR) is 67.1 cm³/mol. The summed E-state index contributed by atoms with van der Waals surface area (Å²) in [6.07, 6.45) is 1.34. The molecule has 18 heavy (non-hydrogen) atoms. The Labute approximate surface area is 108 Å². The van der Waals surface area contributed by atoms with Crippen LogP contribution >= 0.6 is 11.6 Å². The number of hydrogen-bond acceptors (Lipinski definition) is 4. The average molecular weight is 268 g/mol. The van der Waals surface area contributed by atoms with Crippen molar-refractivity contribution in [2.45, 2.75) is 0 Å². The molecule has 0 atom stereocenters. The molecule has 0 saturated heterocycles. The minimum absolute atomic E-state index is 0.180. The first-order valence-corrected chi connectivity index (χ1v) is 5.19. The van der Waals surface area contributed by atoms with Crippen LogP contribution in [0.4, 0.5) is 0 Å². The van der Waals surface area contributed by atoms with Gasteiger partial charge in [0.15, 0.2) is 0 Å². The van der Waals surface area contributed by atoms with Crippen molar-refractivity contribution < 1.29 is 14.3 Å². The lowest BCUT2D eigenvalue weighted by molar-refractivity contribution is -0.136. The molecule has 0 N–H and O–H groups in total. The first-order valence-electron chi connectivity index (χ1n) is 4.81. The molecule has 94 valence electrons. The average Bonchev–Trinajstić information content (AvgIpc) is 2.37. The van der Waals surface area contributed by atoms with Gasteiger partial charge in [0.1, 0.15) is 11.4 Å². The minimum atomic E-state index is -0.741. The topological polar surface area (TPSA) is 84.3 Å². The normalized spacial score (nSPS) is 10.5. The van der Waals surface area contributed by atoms with Crippen LogP contribution in [0.3, 0.4) is 0 Å². The Hall–Kier alpha value is -2.17. The molecule has 0 radical (unpaired) electrons. The smallest absolute Gasteiger partial charge is 0.340 e. The Kier molecular flexibility index (Phi) is 5.05. The van der Waals surface area contributed by atoms with Gasteiger partial charge in [0.25, 0.3) is 0 Å². The predicted octanol–water partition coefficient (Wildman–Crippen LogP) is 3.17. The van der Waals surface area contributed by atoms with E-state index in [1.54, 1.807) is 18.2 Å². The van der Waals surface area contributed by atoms with Crippen molar-refractivity contribution in [3.63, 3.8) is 0 Å². The summed E-state index contributed by atoms with van der Waals surface area (Å²) in [5.41, 5.74) is 8.72. The van der Waals surface area contributed by atoms with Crippen molar-refractivity contribution in [2.24, 2.45) is 5.11 Å². The highest BCUT2D eigenvalue weighted by molar-refractivity contribution is 6.32. The molecule has 0 aliphatic heterocycles.